The lowest BCUT2D eigenvalue weighted by Crippen LogP contribution is -2.34. The second-order valence-corrected chi connectivity index (χ2v) is 7.98. The fraction of sp³-hybridized carbons (Fsp3) is 0.400. The van der Waals surface area contributed by atoms with E-state index in [1.165, 1.54) is 25.7 Å². The van der Waals surface area contributed by atoms with Crippen molar-refractivity contribution in [3.05, 3.63) is 53.6 Å². The van der Waals surface area contributed by atoms with Gasteiger partial charge in [0.25, 0.3) is 5.91 Å². The maximum atomic E-state index is 12.5. The second kappa shape index (κ2) is 13.5. The predicted octanol–water partition coefficient (Wildman–Crippen LogP) is 5.82. The van der Waals surface area contributed by atoms with Crippen LogP contribution in [0.3, 0.4) is 0 Å². The van der Waals surface area contributed by atoms with Crippen molar-refractivity contribution in [2.45, 2.75) is 59.3 Å². The summed E-state index contributed by atoms with van der Waals surface area (Å²) in [5.74, 6) is 0.381. The summed E-state index contributed by atoms with van der Waals surface area (Å²) in [4.78, 5) is 24.2. The average Bonchev–Trinajstić information content (AvgIpc) is 2.79. The first-order chi connectivity index (χ1) is 15.4. The van der Waals surface area contributed by atoms with E-state index in [1.54, 1.807) is 31.2 Å². The van der Waals surface area contributed by atoms with Gasteiger partial charge in [-0.3, -0.25) is 14.9 Å². The number of unbranched alkanes of at least 4 members (excludes halogenated alkanes) is 4. The van der Waals surface area contributed by atoms with Gasteiger partial charge in [-0.05, 0) is 67.5 Å². The summed E-state index contributed by atoms with van der Waals surface area (Å²) in [6, 6.07) is 12.5. The van der Waals surface area contributed by atoms with Gasteiger partial charge in [0.15, 0.2) is 5.11 Å². The van der Waals surface area contributed by atoms with Crippen molar-refractivity contribution < 1.29 is 14.3 Å². The zero-order chi connectivity index (χ0) is 23.3. The molecule has 0 heterocycles. The summed E-state index contributed by atoms with van der Waals surface area (Å²) < 4.78 is 5.74. The quantitative estimate of drug-likeness (QED) is 0.294. The highest BCUT2D eigenvalue weighted by molar-refractivity contribution is 7.80. The molecule has 0 bridgehead atoms. The van der Waals surface area contributed by atoms with Gasteiger partial charge in [0.05, 0.1) is 6.61 Å². The predicted molar refractivity (Wildman–Crippen MR) is 134 cm³/mol. The molecule has 0 saturated heterocycles. The van der Waals surface area contributed by atoms with Crippen molar-refractivity contribution in [3.63, 3.8) is 0 Å². The smallest absolute Gasteiger partial charge is 0.257 e. The molecule has 6 nitrogen and oxygen atoms in total. The lowest BCUT2D eigenvalue weighted by molar-refractivity contribution is -0.115. The van der Waals surface area contributed by atoms with E-state index < -0.39 is 0 Å². The third-order valence-electron chi connectivity index (χ3n) is 5.04. The summed E-state index contributed by atoms with van der Waals surface area (Å²) in [5, 5.41) is 8.75. The Morgan fingerprint density at radius 3 is 2.22 bits per heavy atom. The Kier molecular flexibility index (Phi) is 10.7. The van der Waals surface area contributed by atoms with Crippen molar-refractivity contribution in [3.8, 4) is 5.75 Å². The molecule has 0 aliphatic rings. The number of carbonyl (C=O) groups is 2. The van der Waals surface area contributed by atoms with E-state index in [0.29, 0.717) is 30.0 Å². The Labute approximate surface area is 196 Å². The molecule has 2 amide bonds. The molecule has 0 atom stereocenters. The van der Waals surface area contributed by atoms with Gasteiger partial charge in [-0.2, -0.15) is 0 Å². The number of benzene rings is 2. The Morgan fingerprint density at radius 1 is 0.906 bits per heavy atom. The highest BCUT2D eigenvalue weighted by atomic mass is 32.1. The molecular formula is C25H33N3O3S. The van der Waals surface area contributed by atoms with Crippen molar-refractivity contribution in [1.29, 1.82) is 0 Å². The van der Waals surface area contributed by atoms with E-state index in [-0.39, 0.29) is 16.9 Å². The lowest BCUT2D eigenvalue weighted by Gasteiger charge is -2.15. The maximum absolute atomic E-state index is 12.5. The summed E-state index contributed by atoms with van der Waals surface area (Å²) in [6.45, 7) is 6.55. The van der Waals surface area contributed by atoms with Crippen LogP contribution in [0.4, 0.5) is 11.4 Å². The number of nitrogens with one attached hydrogen (secondary N) is 3. The number of thiocarbonyl (C=S) groups is 1. The van der Waals surface area contributed by atoms with Gasteiger partial charge in [0.1, 0.15) is 5.75 Å². The Morgan fingerprint density at radius 2 is 1.56 bits per heavy atom. The molecule has 2 rings (SSSR count). The zero-order valence-corrected chi connectivity index (χ0v) is 19.9. The Balaban J connectivity index is 1.85. The Bertz CT molecular complexity index is 913. The molecule has 0 aliphatic heterocycles. The van der Waals surface area contributed by atoms with Crippen LogP contribution in [0.15, 0.2) is 42.5 Å². The van der Waals surface area contributed by atoms with E-state index in [2.05, 4.69) is 22.9 Å². The van der Waals surface area contributed by atoms with Gasteiger partial charge < -0.3 is 15.4 Å². The van der Waals surface area contributed by atoms with Crippen LogP contribution in [0.1, 0.15) is 68.3 Å². The van der Waals surface area contributed by atoms with Gasteiger partial charge in [0.2, 0.25) is 5.91 Å². The first-order valence-electron chi connectivity index (χ1n) is 11.2. The van der Waals surface area contributed by atoms with Gasteiger partial charge in [0, 0.05) is 23.4 Å². The van der Waals surface area contributed by atoms with Gasteiger partial charge in [-0.15, -0.1) is 0 Å². The van der Waals surface area contributed by atoms with E-state index in [1.807, 2.05) is 25.1 Å². The molecule has 7 heteroatoms. The summed E-state index contributed by atoms with van der Waals surface area (Å²) in [6.07, 6.45) is 6.34. The molecule has 0 saturated carbocycles. The van der Waals surface area contributed by atoms with Gasteiger partial charge in [-0.25, -0.2) is 0 Å². The minimum absolute atomic E-state index is 0.0648. The van der Waals surface area contributed by atoms with Gasteiger partial charge in [-0.1, -0.05) is 45.6 Å². The third kappa shape index (κ3) is 8.30. The summed E-state index contributed by atoms with van der Waals surface area (Å²) in [5.41, 5.74) is 2.75. The Hall–Kier alpha value is -2.93. The highest BCUT2D eigenvalue weighted by Crippen LogP contribution is 2.23. The fourth-order valence-corrected chi connectivity index (χ4v) is 3.27. The molecule has 32 heavy (non-hydrogen) atoms. The highest BCUT2D eigenvalue weighted by Gasteiger charge is 2.11. The maximum Gasteiger partial charge on any atom is 0.257 e. The SMILES string of the molecule is CCCCCCCOc1ccc(C(=O)NC(=S)Nc2cccc(NC(=O)CC)c2C)cc1. The van der Waals surface area contributed by atoms with Crippen LogP contribution in [0.2, 0.25) is 0 Å². The molecule has 0 spiro atoms. The molecule has 2 aromatic carbocycles. The first kappa shape index (κ1) is 25.3. The second-order valence-electron chi connectivity index (χ2n) is 7.58. The molecule has 0 aliphatic carbocycles. The molecule has 0 unspecified atom stereocenters. The zero-order valence-electron chi connectivity index (χ0n) is 19.1. The molecule has 0 aromatic heterocycles. The summed E-state index contributed by atoms with van der Waals surface area (Å²) >= 11 is 5.30. The number of amides is 2. The fourth-order valence-electron chi connectivity index (χ4n) is 3.07. The van der Waals surface area contributed by atoms with Crippen LogP contribution in [-0.2, 0) is 4.79 Å². The van der Waals surface area contributed by atoms with E-state index in [9.17, 15) is 9.59 Å². The van der Waals surface area contributed by atoms with Crippen LogP contribution >= 0.6 is 12.2 Å². The van der Waals surface area contributed by atoms with Crippen LogP contribution in [-0.4, -0.2) is 23.5 Å². The van der Waals surface area contributed by atoms with Crippen molar-refractivity contribution in [2.24, 2.45) is 0 Å². The number of carbonyl (C=O) groups excluding carboxylic acids is 2. The first-order valence-corrected chi connectivity index (χ1v) is 11.6. The number of ether oxygens (including phenoxy) is 1. The van der Waals surface area contributed by atoms with Gasteiger partial charge >= 0.3 is 0 Å². The molecule has 172 valence electrons. The molecule has 2 aromatic rings. The number of rotatable bonds is 11. The topological polar surface area (TPSA) is 79.5 Å². The van der Waals surface area contributed by atoms with Crippen LogP contribution in [0.25, 0.3) is 0 Å². The van der Waals surface area contributed by atoms with Crippen LogP contribution in [0.5, 0.6) is 5.75 Å². The van der Waals surface area contributed by atoms with E-state index in [4.69, 9.17) is 17.0 Å². The van der Waals surface area contributed by atoms with Crippen molar-refractivity contribution in [2.75, 3.05) is 17.2 Å². The van der Waals surface area contributed by atoms with Crippen LogP contribution in [0, 0.1) is 6.92 Å². The minimum Gasteiger partial charge on any atom is -0.494 e. The molecule has 0 radical (unpaired) electrons. The average molecular weight is 456 g/mol. The standard InChI is InChI=1S/C25H33N3O3S/c1-4-6-7-8-9-17-31-20-15-13-19(14-16-20)24(30)28-25(32)27-22-12-10-11-21(18(22)3)26-23(29)5-2/h10-16H,4-9,17H2,1-3H3,(H,26,29)(H2,27,28,30,32). The minimum atomic E-state index is -0.304. The number of hydrogen-bond donors (Lipinski definition) is 3. The van der Waals surface area contributed by atoms with Crippen LogP contribution < -0.4 is 20.7 Å². The lowest BCUT2D eigenvalue weighted by atomic mass is 10.1. The molecular weight excluding hydrogens is 422 g/mol. The monoisotopic (exact) mass is 455 g/mol. The summed E-state index contributed by atoms with van der Waals surface area (Å²) in [7, 11) is 0. The number of hydrogen-bond acceptors (Lipinski definition) is 4. The number of anilines is 2. The normalized spacial score (nSPS) is 10.3. The van der Waals surface area contributed by atoms with E-state index >= 15 is 0 Å². The molecule has 3 N–H and O–H groups in total. The van der Waals surface area contributed by atoms with Crippen molar-refractivity contribution >= 4 is 40.5 Å². The third-order valence-corrected chi connectivity index (χ3v) is 5.24. The van der Waals surface area contributed by atoms with Crippen molar-refractivity contribution in [1.82, 2.24) is 5.32 Å². The molecule has 0 fully saturated rings. The largest absolute Gasteiger partial charge is 0.494 e. The van der Waals surface area contributed by atoms with E-state index in [0.717, 1.165) is 17.7 Å².